The number of thioether (sulfide) groups is 1. The summed E-state index contributed by atoms with van der Waals surface area (Å²) in [6.07, 6.45) is -3.04. The van der Waals surface area contributed by atoms with E-state index in [0.717, 1.165) is 16.0 Å². The van der Waals surface area contributed by atoms with E-state index in [4.69, 9.17) is 18.9 Å². The standard InChI is InChI=1S/C28H29N3O6S/c1-18-8-14-22(15-9-18)38-28-24(30-31-29)26(35-16-19-10-12-21(34-2)13-11-19)25(32)23(37-28)17-36-27(33)20-6-4-3-5-7-20/h3-15,23-26,28,32H,16-17H2,1-2H3. The average Bonchev–Trinajstić information content (AvgIpc) is 2.95. The van der Waals surface area contributed by atoms with E-state index in [9.17, 15) is 15.4 Å². The molecule has 0 saturated carbocycles. The topological polar surface area (TPSA) is 123 Å². The minimum absolute atomic E-state index is 0.154. The van der Waals surface area contributed by atoms with Crippen molar-refractivity contribution in [1.82, 2.24) is 0 Å². The number of aliphatic hydroxyl groups is 1. The fourth-order valence-corrected chi connectivity index (χ4v) is 5.10. The molecule has 38 heavy (non-hydrogen) atoms. The number of carbonyl (C=O) groups is 1. The quantitative estimate of drug-likeness (QED) is 0.162. The van der Waals surface area contributed by atoms with Gasteiger partial charge in [-0.3, -0.25) is 0 Å². The normalized spacial score (nSPS) is 22.8. The molecule has 1 saturated heterocycles. The fourth-order valence-electron chi connectivity index (χ4n) is 3.99. The lowest BCUT2D eigenvalue weighted by Gasteiger charge is -2.42. The molecule has 4 rings (SSSR count). The number of carbonyl (C=O) groups excluding carboxylic acids is 1. The molecule has 1 aliphatic rings. The lowest BCUT2D eigenvalue weighted by molar-refractivity contribution is -0.185. The molecule has 0 aliphatic carbocycles. The minimum Gasteiger partial charge on any atom is -0.497 e. The van der Waals surface area contributed by atoms with Crippen LogP contribution < -0.4 is 4.74 Å². The Morgan fingerprint density at radius 2 is 1.79 bits per heavy atom. The third kappa shape index (κ3) is 7.06. The number of ether oxygens (including phenoxy) is 4. The number of benzene rings is 3. The smallest absolute Gasteiger partial charge is 0.338 e. The first kappa shape index (κ1) is 27.5. The van der Waals surface area contributed by atoms with E-state index in [-0.39, 0.29) is 13.2 Å². The van der Waals surface area contributed by atoms with Gasteiger partial charge in [0.15, 0.2) is 0 Å². The maximum atomic E-state index is 12.5. The molecule has 1 fully saturated rings. The Balaban J connectivity index is 1.55. The molecule has 0 amide bonds. The van der Waals surface area contributed by atoms with Crippen LogP contribution in [0.25, 0.3) is 10.4 Å². The second-order valence-electron chi connectivity index (χ2n) is 8.75. The summed E-state index contributed by atoms with van der Waals surface area (Å²) in [4.78, 5) is 16.4. The second-order valence-corrected chi connectivity index (χ2v) is 9.92. The van der Waals surface area contributed by atoms with E-state index >= 15 is 0 Å². The Bertz CT molecular complexity index is 1240. The van der Waals surface area contributed by atoms with Crippen molar-refractivity contribution in [2.45, 2.75) is 48.2 Å². The summed E-state index contributed by atoms with van der Waals surface area (Å²) in [6.45, 7) is 1.94. The van der Waals surface area contributed by atoms with E-state index in [0.29, 0.717) is 11.3 Å². The van der Waals surface area contributed by atoms with Crippen LogP contribution in [-0.4, -0.2) is 54.6 Å². The van der Waals surface area contributed by atoms with Crippen LogP contribution in [0.5, 0.6) is 5.75 Å². The van der Waals surface area contributed by atoms with Gasteiger partial charge in [0, 0.05) is 9.81 Å². The number of hydrogen-bond donors (Lipinski definition) is 1. The maximum absolute atomic E-state index is 12.5. The molecule has 1 heterocycles. The summed E-state index contributed by atoms with van der Waals surface area (Å²) < 4.78 is 23.0. The van der Waals surface area contributed by atoms with Crippen molar-refractivity contribution in [1.29, 1.82) is 0 Å². The average molecular weight is 536 g/mol. The van der Waals surface area contributed by atoms with Crippen LogP contribution in [0, 0.1) is 6.92 Å². The molecular formula is C28H29N3O6S. The molecular weight excluding hydrogens is 506 g/mol. The monoisotopic (exact) mass is 535 g/mol. The van der Waals surface area contributed by atoms with Gasteiger partial charge < -0.3 is 24.1 Å². The Kier molecular flexibility index (Phi) is 9.64. The van der Waals surface area contributed by atoms with Crippen molar-refractivity contribution in [2.24, 2.45) is 5.11 Å². The van der Waals surface area contributed by atoms with E-state index in [1.807, 2.05) is 55.5 Å². The zero-order valence-electron chi connectivity index (χ0n) is 21.0. The zero-order valence-corrected chi connectivity index (χ0v) is 21.9. The van der Waals surface area contributed by atoms with E-state index in [2.05, 4.69) is 10.0 Å². The molecule has 0 bridgehead atoms. The minimum atomic E-state index is -1.22. The number of aryl methyl sites for hydroxylation is 1. The highest BCUT2D eigenvalue weighted by molar-refractivity contribution is 7.99. The van der Waals surface area contributed by atoms with Gasteiger partial charge in [0.25, 0.3) is 0 Å². The van der Waals surface area contributed by atoms with Crippen molar-refractivity contribution in [3.8, 4) is 5.75 Å². The fraction of sp³-hybridized carbons (Fsp3) is 0.321. The van der Waals surface area contributed by atoms with Crippen LogP contribution in [0.15, 0.2) is 88.9 Å². The molecule has 10 heteroatoms. The first-order valence-corrected chi connectivity index (χ1v) is 12.9. The molecule has 0 aromatic heterocycles. The van der Waals surface area contributed by atoms with Gasteiger partial charge in [-0.2, -0.15) is 0 Å². The van der Waals surface area contributed by atoms with Crippen LogP contribution in [-0.2, 0) is 20.8 Å². The molecule has 0 spiro atoms. The van der Waals surface area contributed by atoms with Gasteiger partial charge in [0.1, 0.15) is 36.0 Å². The third-order valence-corrected chi connectivity index (χ3v) is 7.26. The van der Waals surface area contributed by atoms with Crippen molar-refractivity contribution < 1.29 is 28.8 Å². The number of hydrogen-bond acceptors (Lipinski definition) is 8. The van der Waals surface area contributed by atoms with E-state index in [1.54, 1.807) is 37.4 Å². The van der Waals surface area contributed by atoms with Gasteiger partial charge in [0.2, 0.25) is 0 Å². The molecule has 5 unspecified atom stereocenters. The molecule has 9 nitrogen and oxygen atoms in total. The Morgan fingerprint density at radius 3 is 2.45 bits per heavy atom. The second kappa shape index (κ2) is 13.3. The SMILES string of the molecule is COc1ccc(COC2C(O)C(COC(=O)c3ccccc3)OC(Sc3ccc(C)cc3)C2N=[N+]=[N-])cc1. The first-order chi connectivity index (χ1) is 18.5. The van der Waals surface area contributed by atoms with Crippen molar-refractivity contribution in [2.75, 3.05) is 13.7 Å². The van der Waals surface area contributed by atoms with Gasteiger partial charge in [-0.1, -0.05) is 64.9 Å². The van der Waals surface area contributed by atoms with Crippen LogP contribution in [0.4, 0.5) is 0 Å². The largest absolute Gasteiger partial charge is 0.497 e. The molecule has 3 aromatic rings. The van der Waals surface area contributed by atoms with Crippen LogP contribution in [0.1, 0.15) is 21.5 Å². The van der Waals surface area contributed by atoms with Crippen molar-refractivity contribution >= 4 is 17.7 Å². The highest BCUT2D eigenvalue weighted by atomic mass is 32.2. The summed E-state index contributed by atoms with van der Waals surface area (Å²) in [6, 6.07) is 22.9. The Labute approximate surface area is 225 Å². The van der Waals surface area contributed by atoms with Gasteiger partial charge in [-0.25, -0.2) is 4.79 Å². The predicted molar refractivity (Wildman–Crippen MR) is 143 cm³/mol. The van der Waals surface area contributed by atoms with Crippen LogP contribution in [0.2, 0.25) is 0 Å². The maximum Gasteiger partial charge on any atom is 0.338 e. The highest BCUT2D eigenvalue weighted by Gasteiger charge is 2.46. The van der Waals surface area contributed by atoms with Crippen LogP contribution >= 0.6 is 11.8 Å². The van der Waals surface area contributed by atoms with Gasteiger partial charge in [-0.15, -0.1) is 0 Å². The summed E-state index contributed by atoms with van der Waals surface area (Å²) in [5.41, 5.74) is 11.0. The van der Waals surface area contributed by atoms with E-state index < -0.39 is 35.8 Å². The van der Waals surface area contributed by atoms with Crippen molar-refractivity contribution in [3.63, 3.8) is 0 Å². The number of esters is 1. The summed E-state index contributed by atoms with van der Waals surface area (Å²) in [5, 5.41) is 15.2. The lowest BCUT2D eigenvalue weighted by atomic mass is 9.98. The molecule has 198 valence electrons. The van der Waals surface area contributed by atoms with Gasteiger partial charge >= 0.3 is 5.97 Å². The first-order valence-electron chi connectivity index (χ1n) is 12.1. The molecule has 5 atom stereocenters. The number of methoxy groups -OCH3 is 1. The molecule has 1 aliphatic heterocycles. The zero-order chi connectivity index (χ0) is 26.9. The van der Waals surface area contributed by atoms with E-state index in [1.165, 1.54) is 11.8 Å². The number of rotatable bonds is 10. The summed E-state index contributed by atoms with van der Waals surface area (Å²) >= 11 is 1.35. The summed E-state index contributed by atoms with van der Waals surface area (Å²) in [7, 11) is 1.59. The van der Waals surface area contributed by atoms with Crippen molar-refractivity contribution in [3.05, 3.63) is 106 Å². The third-order valence-electron chi connectivity index (χ3n) is 6.09. The Morgan fingerprint density at radius 1 is 1.08 bits per heavy atom. The lowest BCUT2D eigenvalue weighted by Crippen LogP contribution is -2.58. The number of aliphatic hydroxyl groups excluding tert-OH is 1. The number of azide groups is 1. The molecule has 1 N–H and O–H groups in total. The molecule has 0 radical (unpaired) electrons. The number of nitrogens with zero attached hydrogens (tertiary/aromatic N) is 3. The van der Waals surface area contributed by atoms with Gasteiger partial charge in [0.05, 0.1) is 25.4 Å². The van der Waals surface area contributed by atoms with Gasteiger partial charge in [-0.05, 0) is 54.4 Å². The molecule has 3 aromatic carbocycles. The predicted octanol–water partition coefficient (Wildman–Crippen LogP) is 5.30. The van der Waals surface area contributed by atoms with Crippen LogP contribution in [0.3, 0.4) is 0 Å². The Hall–Kier alpha value is -3.53. The highest BCUT2D eigenvalue weighted by Crippen LogP contribution is 2.37. The summed E-state index contributed by atoms with van der Waals surface area (Å²) in [5.74, 6) is 0.179.